The minimum atomic E-state index is -3.25. The summed E-state index contributed by atoms with van der Waals surface area (Å²) in [5.41, 5.74) is 1.62. The summed E-state index contributed by atoms with van der Waals surface area (Å²) in [6, 6.07) is 9.07. The van der Waals surface area contributed by atoms with Gasteiger partial charge in [0.05, 0.1) is 17.9 Å². The molecule has 0 aromatic heterocycles. The summed E-state index contributed by atoms with van der Waals surface area (Å²) in [5.74, 6) is 0.0364. The van der Waals surface area contributed by atoms with Crippen LogP contribution in [0.3, 0.4) is 0 Å². The van der Waals surface area contributed by atoms with Gasteiger partial charge in [-0.15, -0.1) is 0 Å². The van der Waals surface area contributed by atoms with Crippen molar-refractivity contribution < 1.29 is 13.2 Å². The average molecular weight is 335 g/mol. The van der Waals surface area contributed by atoms with Crippen LogP contribution in [0.25, 0.3) is 0 Å². The third kappa shape index (κ3) is 5.66. The Balaban J connectivity index is 1.86. The molecule has 0 saturated carbocycles. The molecule has 2 rings (SSSR count). The molecule has 1 aliphatic heterocycles. The van der Waals surface area contributed by atoms with Crippen LogP contribution < -0.4 is 4.72 Å². The number of hydrogen-bond acceptors (Lipinski definition) is 4. The van der Waals surface area contributed by atoms with E-state index >= 15 is 0 Å². The van der Waals surface area contributed by atoms with Crippen LogP contribution in [0.4, 0.5) is 0 Å². The number of aryl methyl sites for hydroxylation is 1. The van der Waals surface area contributed by atoms with Crippen LogP contribution in [-0.2, 0) is 21.2 Å². The zero-order valence-electron chi connectivity index (χ0n) is 13.2. The number of benzene rings is 1. The fourth-order valence-electron chi connectivity index (χ4n) is 2.76. The molecular formula is C16H21N3O3S. The van der Waals surface area contributed by atoms with Crippen LogP contribution in [-0.4, -0.2) is 44.6 Å². The first-order chi connectivity index (χ1) is 10.9. The molecule has 7 heteroatoms. The van der Waals surface area contributed by atoms with Crippen molar-refractivity contribution in [3.05, 3.63) is 35.4 Å². The summed E-state index contributed by atoms with van der Waals surface area (Å²) in [6.07, 6.45) is 3.70. The van der Waals surface area contributed by atoms with Crippen molar-refractivity contribution in [2.45, 2.75) is 31.7 Å². The van der Waals surface area contributed by atoms with Gasteiger partial charge in [-0.1, -0.05) is 12.1 Å². The highest BCUT2D eigenvalue weighted by Gasteiger charge is 2.25. The van der Waals surface area contributed by atoms with E-state index in [0.29, 0.717) is 31.5 Å². The number of sulfonamides is 1. The number of nitrogens with one attached hydrogen (secondary N) is 1. The third-order valence-electron chi connectivity index (χ3n) is 3.87. The Labute approximate surface area is 137 Å². The zero-order chi connectivity index (χ0) is 16.9. The van der Waals surface area contributed by atoms with E-state index in [1.54, 1.807) is 17.0 Å². The number of nitrogens with zero attached hydrogens (tertiary/aromatic N) is 2. The Morgan fingerprint density at radius 3 is 2.70 bits per heavy atom. The number of carbonyl (C=O) groups is 1. The lowest BCUT2D eigenvalue weighted by Gasteiger charge is -2.32. The molecule has 124 valence electrons. The standard InChI is InChI=1S/C16H21N3O3S/c1-23(21,22)18-15-3-2-10-19(12-15)16(20)9-8-13-4-6-14(11-17)7-5-13/h4-7,15,18H,2-3,8-10,12H2,1H3/t15-/m0/s1. The minimum Gasteiger partial charge on any atom is -0.341 e. The SMILES string of the molecule is CS(=O)(=O)N[C@H]1CCCN(C(=O)CCc2ccc(C#N)cc2)C1. The van der Waals surface area contributed by atoms with Gasteiger partial charge in [0.2, 0.25) is 15.9 Å². The van der Waals surface area contributed by atoms with Gasteiger partial charge in [0, 0.05) is 25.6 Å². The van der Waals surface area contributed by atoms with Crippen LogP contribution in [0.15, 0.2) is 24.3 Å². The van der Waals surface area contributed by atoms with Gasteiger partial charge in [-0.3, -0.25) is 4.79 Å². The monoisotopic (exact) mass is 335 g/mol. The average Bonchev–Trinajstić information content (AvgIpc) is 2.51. The third-order valence-corrected chi connectivity index (χ3v) is 4.63. The van der Waals surface area contributed by atoms with Gasteiger partial charge in [-0.05, 0) is 37.0 Å². The molecule has 1 fully saturated rings. The normalized spacial score (nSPS) is 18.4. The molecule has 0 spiro atoms. The number of amides is 1. The number of likely N-dealkylation sites (tertiary alicyclic amines) is 1. The lowest BCUT2D eigenvalue weighted by Crippen LogP contribution is -2.49. The molecular weight excluding hydrogens is 314 g/mol. The molecule has 1 atom stereocenters. The van der Waals surface area contributed by atoms with Crippen molar-refractivity contribution >= 4 is 15.9 Å². The molecule has 0 bridgehead atoms. The number of carbonyl (C=O) groups excluding carboxylic acids is 1. The summed E-state index contributed by atoms with van der Waals surface area (Å²) in [6.45, 7) is 1.10. The highest BCUT2D eigenvalue weighted by molar-refractivity contribution is 7.88. The Morgan fingerprint density at radius 2 is 2.09 bits per heavy atom. The van der Waals surface area contributed by atoms with Crippen molar-refractivity contribution in [3.63, 3.8) is 0 Å². The molecule has 1 aromatic carbocycles. The highest BCUT2D eigenvalue weighted by atomic mass is 32.2. The van der Waals surface area contributed by atoms with E-state index in [4.69, 9.17) is 5.26 Å². The van der Waals surface area contributed by atoms with Crippen molar-refractivity contribution in [1.29, 1.82) is 5.26 Å². The van der Waals surface area contributed by atoms with Crippen LogP contribution in [0, 0.1) is 11.3 Å². The molecule has 1 aromatic rings. The fraction of sp³-hybridized carbons (Fsp3) is 0.500. The number of rotatable bonds is 5. The molecule has 0 unspecified atom stereocenters. The zero-order valence-corrected chi connectivity index (χ0v) is 14.0. The predicted octanol–water partition coefficient (Wildman–Crippen LogP) is 1.03. The number of hydrogen-bond donors (Lipinski definition) is 1. The van der Waals surface area contributed by atoms with Crippen molar-refractivity contribution in [3.8, 4) is 6.07 Å². The van der Waals surface area contributed by atoms with E-state index < -0.39 is 10.0 Å². The summed E-state index contributed by atoms with van der Waals surface area (Å²) >= 11 is 0. The second kappa shape index (κ2) is 7.57. The Hall–Kier alpha value is -1.91. The fourth-order valence-corrected chi connectivity index (χ4v) is 3.56. The van der Waals surface area contributed by atoms with Gasteiger partial charge in [0.15, 0.2) is 0 Å². The van der Waals surface area contributed by atoms with E-state index in [1.807, 2.05) is 12.1 Å². The van der Waals surface area contributed by atoms with Crippen LogP contribution in [0.5, 0.6) is 0 Å². The number of nitriles is 1. The highest BCUT2D eigenvalue weighted by Crippen LogP contribution is 2.13. The smallest absolute Gasteiger partial charge is 0.222 e. The van der Waals surface area contributed by atoms with Gasteiger partial charge in [0.25, 0.3) is 0 Å². The van der Waals surface area contributed by atoms with Gasteiger partial charge in [-0.2, -0.15) is 5.26 Å². The predicted molar refractivity (Wildman–Crippen MR) is 87.1 cm³/mol. The summed E-state index contributed by atoms with van der Waals surface area (Å²) in [4.78, 5) is 14.0. The lowest BCUT2D eigenvalue weighted by atomic mass is 10.0. The lowest BCUT2D eigenvalue weighted by molar-refractivity contribution is -0.132. The number of piperidine rings is 1. The van der Waals surface area contributed by atoms with E-state index in [0.717, 1.165) is 24.7 Å². The largest absolute Gasteiger partial charge is 0.341 e. The molecule has 1 N–H and O–H groups in total. The first-order valence-corrected chi connectivity index (χ1v) is 9.50. The molecule has 1 saturated heterocycles. The Kier molecular flexibility index (Phi) is 5.74. The first kappa shape index (κ1) is 17.4. The Bertz CT molecular complexity index is 692. The van der Waals surface area contributed by atoms with Gasteiger partial charge >= 0.3 is 0 Å². The second-order valence-electron chi connectivity index (χ2n) is 5.88. The maximum atomic E-state index is 12.3. The first-order valence-electron chi connectivity index (χ1n) is 7.61. The maximum Gasteiger partial charge on any atom is 0.222 e. The van der Waals surface area contributed by atoms with E-state index in [1.165, 1.54) is 0 Å². The Morgan fingerprint density at radius 1 is 1.39 bits per heavy atom. The molecule has 1 heterocycles. The van der Waals surface area contributed by atoms with Gasteiger partial charge in [0.1, 0.15) is 0 Å². The van der Waals surface area contributed by atoms with E-state index in [9.17, 15) is 13.2 Å². The maximum absolute atomic E-state index is 12.3. The van der Waals surface area contributed by atoms with E-state index in [-0.39, 0.29) is 11.9 Å². The van der Waals surface area contributed by atoms with Gasteiger partial charge < -0.3 is 4.90 Å². The van der Waals surface area contributed by atoms with Crippen LogP contribution >= 0.6 is 0 Å². The molecule has 6 nitrogen and oxygen atoms in total. The van der Waals surface area contributed by atoms with Crippen molar-refractivity contribution in [2.75, 3.05) is 19.3 Å². The van der Waals surface area contributed by atoms with Crippen molar-refractivity contribution in [1.82, 2.24) is 9.62 Å². The summed E-state index contributed by atoms with van der Waals surface area (Å²) in [7, 11) is -3.25. The minimum absolute atomic E-state index is 0.0364. The quantitative estimate of drug-likeness (QED) is 0.870. The van der Waals surface area contributed by atoms with Gasteiger partial charge in [-0.25, -0.2) is 13.1 Å². The summed E-state index contributed by atoms with van der Waals surface area (Å²) in [5, 5.41) is 8.76. The molecule has 0 radical (unpaired) electrons. The van der Waals surface area contributed by atoms with Crippen molar-refractivity contribution in [2.24, 2.45) is 0 Å². The van der Waals surface area contributed by atoms with Crippen LogP contribution in [0.1, 0.15) is 30.4 Å². The van der Waals surface area contributed by atoms with Crippen LogP contribution in [0.2, 0.25) is 0 Å². The second-order valence-corrected chi connectivity index (χ2v) is 7.66. The summed E-state index contributed by atoms with van der Waals surface area (Å²) < 4.78 is 25.2. The molecule has 0 aliphatic carbocycles. The van der Waals surface area contributed by atoms with E-state index in [2.05, 4.69) is 10.8 Å². The molecule has 1 amide bonds. The molecule has 23 heavy (non-hydrogen) atoms. The molecule has 1 aliphatic rings. The topological polar surface area (TPSA) is 90.3 Å².